The number of nitrogens with zero attached hydrogens (tertiary/aromatic N) is 3. The molecule has 0 unspecified atom stereocenters. The Balaban J connectivity index is 1.59. The minimum atomic E-state index is -0.0643. The zero-order valence-corrected chi connectivity index (χ0v) is 16.3. The normalized spacial score (nSPS) is 19.1. The Morgan fingerprint density at radius 3 is 2.56 bits per heavy atom. The number of aryl methyl sites for hydroxylation is 2. The molecule has 6 heteroatoms. The van der Waals surface area contributed by atoms with E-state index in [2.05, 4.69) is 17.9 Å². The Hall–Kier alpha value is -1.94. The van der Waals surface area contributed by atoms with Crippen LogP contribution in [0.5, 0.6) is 0 Å². The molecular weight excluding hydrogens is 342 g/mol. The molecule has 2 aliphatic heterocycles. The molecule has 0 saturated carbocycles. The van der Waals surface area contributed by atoms with Crippen molar-refractivity contribution in [2.75, 3.05) is 44.3 Å². The minimum absolute atomic E-state index is 0.0559. The van der Waals surface area contributed by atoms with Crippen LogP contribution in [0.3, 0.4) is 0 Å². The van der Waals surface area contributed by atoms with Gasteiger partial charge >= 0.3 is 0 Å². The van der Waals surface area contributed by atoms with Gasteiger partial charge in [-0.2, -0.15) is 5.26 Å². The molecule has 0 radical (unpaired) electrons. The van der Waals surface area contributed by atoms with Crippen molar-refractivity contribution in [1.82, 2.24) is 4.90 Å². The molecular formula is C21H29N3O3. The number of amides is 1. The van der Waals surface area contributed by atoms with Crippen LogP contribution >= 0.6 is 0 Å². The molecule has 27 heavy (non-hydrogen) atoms. The van der Waals surface area contributed by atoms with E-state index in [4.69, 9.17) is 14.7 Å². The van der Waals surface area contributed by atoms with Crippen LogP contribution in [0.15, 0.2) is 18.2 Å². The van der Waals surface area contributed by atoms with E-state index in [1.165, 1.54) is 5.56 Å². The van der Waals surface area contributed by atoms with Gasteiger partial charge in [0.25, 0.3) is 0 Å². The van der Waals surface area contributed by atoms with Crippen LogP contribution in [0.25, 0.3) is 0 Å². The first-order valence-corrected chi connectivity index (χ1v) is 9.78. The summed E-state index contributed by atoms with van der Waals surface area (Å²) in [5.74, 6) is 0.480. The molecule has 1 amide bonds. The third-order valence-electron chi connectivity index (χ3n) is 5.57. The Bertz CT molecular complexity index is 686. The van der Waals surface area contributed by atoms with Gasteiger partial charge in [0.2, 0.25) is 5.91 Å². The average molecular weight is 371 g/mol. The molecule has 2 heterocycles. The number of carbonyl (C=O) groups excluding carboxylic acids is 1. The van der Waals surface area contributed by atoms with Gasteiger partial charge in [-0.1, -0.05) is 6.07 Å². The highest BCUT2D eigenvalue weighted by atomic mass is 16.7. The number of piperidine rings is 1. The molecule has 0 atom stereocenters. The largest absolute Gasteiger partial charge is 0.350 e. The van der Waals surface area contributed by atoms with E-state index in [0.29, 0.717) is 38.6 Å². The fourth-order valence-electron chi connectivity index (χ4n) is 3.76. The highest BCUT2D eigenvalue weighted by Crippen LogP contribution is 2.26. The Morgan fingerprint density at radius 1 is 1.22 bits per heavy atom. The number of hydrogen-bond acceptors (Lipinski definition) is 5. The summed E-state index contributed by atoms with van der Waals surface area (Å²) in [6.07, 6.45) is 2.24. The van der Waals surface area contributed by atoms with E-state index >= 15 is 0 Å². The lowest BCUT2D eigenvalue weighted by molar-refractivity contribution is -0.121. The standard InChI is InChI=1S/C21H29N3O3/c1-16-4-5-19(14-17(16)2)24(9-3-8-22)20(25)15-23-10-6-18(7-11-23)21-26-12-13-27-21/h4-5,14,18,21H,3,6-7,9-13,15H2,1-2H3. The highest BCUT2D eigenvalue weighted by molar-refractivity contribution is 5.95. The van der Waals surface area contributed by atoms with Gasteiger partial charge in [0, 0.05) is 18.2 Å². The van der Waals surface area contributed by atoms with E-state index in [-0.39, 0.29) is 12.2 Å². The van der Waals surface area contributed by atoms with E-state index in [1.54, 1.807) is 4.90 Å². The maximum Gasteiger partial charge on any atom is 0.241 e. The zero-order chi connectivity index (χ0) is 19.2. The smallest absolute Gasteiger partial charge is 0.241 e. The van der Waals surface area contributed by atoms with Crippen molar-refractivity contribution in [3.05, 3.63) is 29.3 Å². The maximum atomic E-state index is 13.0. The van der Waals surface area contributed by atoms with E-state index in [9.17, 15) is 4.79 Å². The maximum absolute atomic E-state index is 13.0. The summed E-state index contributed by atoms with van der Waals surface area (Å²) in [5, 5.41) is 8.97. The van der Waals surface area contributed by atoms with Crippen molar-refractivity contribution in [2.24, 2.45) is 5.92 Å². The van der Waals surface area contributed by atoms with Crippen LogP contribution in [0.2, 0.25) is 0 Å². The number of hydrogen-bond donors (Lipinski definition) is 0. The zero-order valence-electron chi connectivity index (χ0n) is 16.3. The summed E-state index contributed by atoms with van der Waals surface area (Å²) < 4.78 is 11.2. The lowest BCUT2D eigenvalue weighted by Gasteiger charge is -2.34. The first kappa shape index (κ1) is 19.8. The number of ether oxygens (including phenoxy) is 2. The molecule has 3 rings (SSSR count). The first-order valence-electron chi connectivity index (χ1n) is 9.78. The molecule has 1 aromatic carbocycles. The van der Waals surface area contributed by atoms with Crippen molar-refractivity contribution in [3.63, 3.8) is 0 Å². The Labute approximate surface area is 161 Å². The van der Waals surface area contributed by atoms with Crippen molar-refractivity contribution < 1.29 is 14.3 Å². The average Bonchev–Trinajstić information content (AvgIpc) is 3.20. The fourth-order valence-corrected chi connectivity index (χ4v) is 3.76. The summed E-state index contributed by atoms with van der Waals surface area (Å²) >= 11 is 0. The van der Waals surface area contributed by atoms with Gasteiger partial charge in [-0.25, -0.2) is 0 Å². The summed E-state index contributed by atoms with van der Waals surface area (Å²) in [5.41, 5.74) is 3.23. The number of benzene rings is 1. The Morgan fingerprint density at radius 2 is 1.93 bits per heavy atom. The number of likely N-dealkylation sites (tertiary alicyclic amines) is 1. The molecule has 2 saturated heterocycles. The van der Waals surface area contributed by atoms with E-state index in [1.807, 2.05) is 25.1 Å². The predicted octanol–water partition coefficient (Wildman–Crippen LogP) is 2.64. The lowest BCUT2D eigenvalue weighted by atomic mass is 9.96. The van der Waals surface area contributed by atoms with Crippen molar-refractivity contribution in [1.29, 1.82) is 5.26 Å². The number of nitriles is 1. The van der Waals surface area contributed by atoms with Crippen molar-refractivity contribution >= 4 is 11.6 Å². The molecule has 1 aromatic rings. The predicted molar refractivity (Wildman–Crippen MR) is 103 cm³/mol. The second-order valence-electron chi connectivity index (χ2n) is 7.45. The number of rotatable bonds is 6. The van der Waals surface area contributed by atoms with Crippen LogP contribution in [0, 0.1) is 31.1 Å². The number of carbonyl (C=O) groups is 1. The van der Waals surface area contributed by atoms with Crippen LogP contribution < -0.4 is 4.90 Å². The van der Waals surface area contributed by atoms with Gasteiger partial charge in [-0.05, 0) is 63.0 Å². The molecule has 0 spiro atoms. The summed E-state index contributed by atoms with van der Waals surface area (Å²) in [6, 6.07) is 8.19. The second-order valence-corrected chi connectivity index (χ2v) is 7.45. The molecule has 0 bridgehead atoms. The van der Waals surface area contributed by atoms with Gasteiger partial charge in [-0.3, -0.25) is 9.69 Å². The lowest BCUT2D eigenvalue weighted by Crippen LogP contribution is -2.45. The SMILES string of the molecule is Cc1ccc(N(CCC#N)C(=O)CN2CCC(C3OCCO3)CC2)cc1C. The van der Waals surface area contributed by atoms with Crippen LogP contribution in [-0.4, -0.2) is 56.5 Å². The van der Waals surface area contributed by atoms with Gasteiger partial charge in [0.15, 0.2) is 6.29 Å². The molecule has 0 aromatic heterocycles. The highest BCUT2D eigenvalue weighted by Gasteiger charge is 2.31. The minimum Gasteiger partial charge on any atom is -0.350 e. The molecule has 146 valence electrons. The van der Waals surface area contributed by atoms with Gasteiger partial charge in [0.05, 0.1) is 32.2 Å². The number of anilines is 1. The third kappa shape index (κ3) is 5.07. The molecule has 2 aliphatic rings. The van der Waals surface area contributed by atoms with Gasteiger partial charge < -0.3 is 14.4 Å². The first-order chi connectivity index (χ1) is 13.1. The van der Waals surface area contributed by atoms with Gasteiger partial charge in [-0.15, -0.1) is 0 Å². The summed E-state index contributed by atoms with van der Waals surface area (Å²) in [7, 11) is 0. The quantitative estimate of drug-likeness (QED) is 0.769. The second kappa shape index (κ2) is 9.32. The summed E-state index contributed by atoms with van der Waals surface area (Å²) in [6.45, 7) is 8.04. The van der Waals surface area contributed by atoms with Crippen LogP contribution in [0.4, 0.5) is 5.69 Å². The summed E-state index contributed by atoms with van der Waals surface area (Å²) in [4.78, 5) is 16.9. The van der Waals surface area contributed by atoms with Crippen molar-refractivity contribution in [2.45, 2.75) is 39.4 Å². The topological polar surface area (TPSA) is 65.8 Å². The Kier molecular flexibility index (Phi) is 6.84. The van der Waals surface area contributed by atoms with Gasteiger partial charge in [0.1, 0.15) is 0 Å². The third-order valence-corrected chi connectivity index (χ3v) is 5.57. The monoisotopic (exact) mass is 371 g/mol. The van der Waals surface area contributed by atoms with Crippen molar-refractivity contribution in [3.8, 4) is 6.07 Å². The van der Waals surface area contributed by atoms with E-state index in [0.717, 1.165) is 37.2 Å². The fraction of sp³-hybridized carbons (Fsp3) is 0.619. The molecule has 0 aliphatic carbocycles. The van der Waals surface area contributed by atoms with Crippen LogP contribution in [0.1, 0.15) is 30.4 Å². The molecule has 0 N–H and O–H groups in total. The van der Waals surface area contributed by atoms with Crippen LogP contribution in [-0.2, 0) is 14.3 Å². The van der Waals surface area contributed by atoms with E-state index < -0.39 is 0 Å². The molecule has 2 fully saturated rings. The molecule has 6 nitrogen and oxygen atoms in total.